The summed E-state index contributed by atoms with van der Waals surface area (Å²) in [7, 11) is 3.44. The number of hydrogen-bond donors (Lipinski definition) is 2. The first-order valence-electron chi connectivity index (χ1n) is 6.16. The molecule has 0 unspecified atom stereocenters. The predicted octanol–water partition coefficient (Wildman–Crippen LogP) is 1.68. The van der Waals surface area contributed by atoms with Gasteiger partial charge in [-0.15, -0.1) is 24.0 Å². The van der Waals surface area contributed by atoms with E-state index in [2.05, 4.69) is 20.4 Å². The molecule has 114 valence electrons. The number of nitrogens with one attached hydrogen (secondary N) is 1. The van der Waals surface area contributed by atoms with Crippen LogP contribution in [0.25, 0.3) is 0 Å². The summed E-state index contributed by atoms with van der Waals surface area (Å²) in [6.45, 7) is 2.31. The van der Waals surface area contributed by atoms with Gasteiger partial charge in [0, 0.05) is 13.2 Å². The normalized spacial score (nSPS) is 10.9. The third-order valence-corrected chi connectivity index (χ3v) is 2.81. The number of rotatable bonds is 4. The first-order chi connectivity index (χ1) is 9.61. The summed E-state index contributed by atoms with van der Waals surface area (Å²) in [6, 6.07) is 5.53. The van der Waals surface area contributed by atoms with Gasteiger partial charge in [0.25, 0.3) is 0 Å². The molecule has 8 heteroatoms. The number of nitrogens with two attached hydrogens (primary N) is 1. The van der Waals surface area contributed by atoms with Gasteiger partial charge in [0.2, 0.25) is 5.88 Å². The van der Waals surface area contributed by atoms with E-state index in [1.165, 1.54) is 0 Å². The van der Waals surface area contributed by atoms with Gasteiger partial charge in [0.15, 0.2) is 5.96 Å². The zero-order chi connectivity index (χ0) is 14.5. The highest BCUT2D eigenvalue weighted by atomic mass is 127. The molecule has 21 heavy (non-hydrogen) atoms. The quantitative estimate of drug-likeness (QED) is 0.462. The Morgan fingerprint density at radius 2 is 2.24 bits per heavy atom. The minimum Gasteiger partial charge on any atom is -0.481 e. The molecular weight excluding hydrogens is 383 g/mol. The molecule has 2 rings (SSSR count). The van der Waals surface area contributed by atoms with E-state index in [4.69, 9.17) is 10.5 Å². The predicted molar refractivity (Wildman–Crippen MR) is 93.1 cm³/mol. The van der Waals surface area contributed by atoms with Crippen molar-refractivity contribution in [3.8, 4) is 5.88 Å². The molecule has 2 aromatic heterocycles. The molecule has 3 N–H and O–H groups in total. The molecule has 0 aliphatic rings. The van der Waals surface area contributed by atoms with Crippen molar-refractivity contribution >= 4 is 35.8 Å². The second-order valence-corrected chi connectivity index (χ2v) is 4.24. The Morgan fingerprint density at radius 1 is 1.48 bits per heavy atom. The molecule has 0 aliphatic carbocycles. The zero-order valence-corrected chi connectivity index (χ0v) is 14.5. The van der Waals surface area contributed by atoms with Crippen molar-refractivity contribution in [3.05, 3.63) is 35.7 Å². The van der Waals surface area contributed by atoms with Crippen LogP contribution in [0.4, 0.5) is 5.82 Å². The molecular formula is C13H19IN6O. The summed E-state index contributed by atoms with van der Waals surface area (Å²) in [5, 5.41) is 7.22. The highest BCUT2D eigenvalue weighted by molar-refractivity contribution is 14.0. The summed E-state index contributed by atoms with van der Waals surface area (Å²) in [4.78, 5) is 8.40. The number of guanidine groups is 1. The molecule has 0 spiro atoms. The number of anilines is 1. The van der Waals surface area contributed by atoms with Crippen LogP contribution in [0.3, 0.4) is 0 Å². The third-order valence-electron chi connectivity index (χ3n) is 2.81. The summed E-state index contributed by atoms with van der Waals surface area (Å²) in [6.07, 6.45) is 1.68. The van der Waals surface area contributed by atoms with E-state index in [1.807, 2.05) is 32.2 Å². The maximum atomic E-state index is 5.83. The number of aliphatic imine (C=N–C) groups is 1. The monoisotopic (exact) mass is 402 g/mol. The van der Waals surface area contributed by atoms with E-state index in [1.54, 1.807) is 18.0 Å². The molecule has 0 aromatic carbocycles. The van der Waals surface area contributed by atoms with Crippen molar-refractivity contribution in [2.45, 2.75) is 13.5 Å². The lowest BCUT2D eigenvalue weighted by molar-refractivity contribution is 0.369. The number of aromatic nitrogens is 3. The Morgan fingerprint density at radius 3 is 2.86 bits per heavy atom. The molecule has 7 nitrogen and oxygen atoms in total. The van der Waals surface area contributed by atoms with E-state index < -0.39 is 0 Å². The van der Waals surface area contributed by atoms with Crippen LogP contribution in [0.5, 0.6) is 5.88 Å². The lowest BCUT2D eigenvalue weighted by Crippen LogP contribution is -2.23. The van der Waals surface area contributed by atoms with Gasteiger partial charge in [-0.2, -0.15) is 5.10 Å². The summed E-state index contributed by atoms with van der Waals surface area (Å²) < 4.78 is 6.99. The lowest BCUT2D eigenvalue weighted by Gasteiger charge is -2.05. The van der Waals surface area contributed by atoms with Gasteiger partial charge in [0.05, 0.1) is 24.9 Å². The summed E-state index contributed by atoms with van der Waals surface area (Å²) in [5.41, 5.74) is 7.62. The van der Waals surface area contributed by atoms with Gasteiger partial charge < -0.3 is 15.8 Å². The van der Waals surface area contributed by atoms with Crippen molar-refractivity contribution in [2.75, 3.05) is 12.4 Å². The maximum absolute atomic E-state index is 5.83. The van der Waals surface area contributed by atoms with E-state index in [-0.39, 0.29) is 24.0 Å². The van der Waals surface area contributed by atoms with Crippen LogP contribution in [-0.2, 0) is 13.6 Å². The Hall–Kier alpha value is -1.84. The Labute approximate surface area is 140 Å². The molecule has 2 heterocycles. The number of halogens is 1. The van der Waals surface area contributed by atoms with Crippen LogP contribution in [-0.4, -0.2) is 27.8 Å². The molecule has 0 saturated heterocycles. The topological polar surface area (TPSA) is 90.3 Å². The summed E-state index contributed by atoms with van der Waals surface area (Å²) >= 11 is 0. The SMILES string of the molecule is COc1c(CN=C(N)Nc2ccccn2)c(C)nn1C.I. The number of pyridine rings is 1. The first kappa shape index (κ1) is 17.2. The summed E-state index contributed by atoms with van der Waals surface area (Å²) in [5.74, 6) is 1.65. The zero-order valence-electron chi connectivity index (χ0n) is 12.2. The van der Waals surface area contributed by atoms with Crippen LogP contribution in [0, 0.1) is 6.92 Å². The molecule has 2 aromatic rings. The van der Waals surface area contributed by atoms with Gasteiger partial charge in [-0.3, -0.25) is 0 Å². The smallest absolute Gasteiger partial charge is 0.216 e. The van der Waals surface area contributed by atoms with Crippen molar-refractivity contribution in [2.24, 2.45) is 17.8 Å². The number of hydrogen-bond acceptors (Lipinski definition) is 4. The van der Waals surface area contributed by atoms with Crippen LogP contribution < -0.4 is 15.8 Å². The Kier molecular flexibility index (Phi) is 6.40. The molecule has 0 aliphatic heterocycles. The van der Waals surface area contributed by atoms with Gasteiger partial charge in [-0.1, -0.05) is 6.07 Å². The minimum absolute atomic E-state index is 0. The van der Waals surface area contributed by atoms with E-state index in [0.29, 0.717) is 24.2 Å². The van der Waals surface area contributed by atoms with Crippen molar-refractivity contribution in [1.29, 1.82) is 0 Å². The molecule has 0 atom stereocenters. The van der Waals surface area contributed by atoms with Gasteiger partial charge in [-0.25, -0.2) is 14.7 Å². The first-order valence-corrected chi connectivity index (χ1v) is 6.16. The lowest BCUT2D eigenvalue weighted by atomic mass is 10.2. The van der Waals surface area contributed by atoms with Crippen LogP contribution in [0.15, 0.2) is 29.4 Å². The van der Waals surface area contributed by atoms with Crippen molar-refractivity contribution in [3.63, 3.8) is 0 Å². The van der Waals surface area contributed by atoms with Crippen molar-refractivity contribution < 1.29 is 4.74 Å². The maximum Gasteiger partial charge on any atom is 0.216 e. The van der Waals surface area contributed by atoms with E-state index >= 15 is 0 Å². The Bertz CT molecular complexity index is 611. The second-order valence-electron chi connectivity index (χ2n) is 4.24. The molecule has 0 amide bonds. The fraction of sp³-hybridized carbons (Fsp3) is 0.308. The average Bonchev–Trinajstić information content (AvgIpc) is 2.71. The molecule has 0 fully saturated rings. The highest BCUT2D eigenvalue weighted by Gasteiger charge is 2.13. The molecule has 0 bridgehead atoms. The van der Waals surface area contributed by atoms with Crippen LogP contribution in [0.2, 0.25) is 0 Å². The number of aryl methyl sites for hydroxylation is 2. The number of methoxy groups -OCH3 is 1. The molecule has 0 saturated carbocycles. The van der Waals surface area contributed by atoms with E-state index in [9.17, 15) is 0 Å². The fourth-order valence-electron chi connectivity index (χ4n) is 1.89. The van der Waals surface area contributed by atoms with E-state index in [0.717, 1.165) is 11.3 Å². The van der Waals surface area contributed by atoms with Gasteiger partial charge in [-0.05, 0) is 19.1 Å². The number of ether oxygens (including phenoxy) is 1. The fourth-order valence-corrected chi connectivity index (χ4v) is 1.89. The van der Waals surface area contributed by atoms with Gasteiger partial charge in [0.1, 0.15) is 5.82 Å². The molecule has 0 radical (unpaired) electrons. The number of nitrogens with zero attached hydrogens (tertiary/aromatic N) is 4. The Balaban J connectivity index is 0.00000220. The third kappa shape index (κ3) is 4.31. The minimum atomic E-state index is 0. The highest BCUT2D eigenvalue weighted by Crippen LogP contribution is 2.21. The largest absolute Gasteiger partial charge is 0.481 e. The van der Waals surface area contributed by atoms with Gasteiger partial charge >= 0.3 is 0 Å². The van der Waals surface area contributed by atoms with Crippen molar-refractivity contribution in [1.82, 2.24) is 14.8 Å². The standard InChI is InChI=1S/C13H18N6O.HI/c1-9-10(12(20-3)19(2)18-9)8-16-13(14)17-11-6-4-5-7-15-11;/h4-7H,8H2,1-3H3,(H3,14,15,16,17);1H. The van der Waals surface area contributed by atoms with Crippen LogP contribution >= 0.6 is 24.0 Å². The van der Waals surface area contributed by atoms with Crippen LogP contribution in [0.1, 0.15) is 11.3 Å². The second kappa shape index (κ2) is 7.81. The average molecular weight is 402 g/mol.